The number of thiophene rings is 1. The first-order valence-electron chi connectivity index (χ1n) is 7.44. The van der Waals surface area contributed by atoms with Crippen LogP contribution in [-0.4, -0.2) is 23.8 Å². The van der Waals surface area contributed by atoms with E-state index in [1.165, 1.54) is 10.4 Å². The van der Waals surface area contributed by atoms with Crippen molar-refractivity contribution < 1.29 is 4.79 Å². The highest BCUT2D eigenvalue weighted by Gasteiger charge is 2.32. The first-order chi connectivity index (χ1) is 10.1. The van der Waals surface area contributed by atoms with Crippen LogP contribution in [0.15, 0.2) is 41.8 Å². The maximum absolute atomic E-state index is 12.7. The molecule has 0 aliphatic carbocycles. The van der Waals surface area contributed by atoms with Gasteiger partial charge in [-0.1, -0.05) is 44.2 Å². The van der Waals surface area contributed by atoms with Crippen LogP contribution < -0.4 is 0 Å². The fourth-order valence-corrected chi connectivity index (χ4v) is 3.94. The molecule has 0 bridgehead atoms. The van der Waals surface area contributed by atoms with Gasteiger partial charge >= 0.3 is 0 Å². The highest BCUT2D eigenvalue weighted by Crippen LogP contribution is 2.28. The van der Waals surface area contributed by atoms with E-state index >= 15 is 0 Å². The summed E-state index contributed by atoms with van der Waals surface area (Å²) in [6.45, 7) is 6.97. The first-order valence-corrected chi connectivity index (χ1v) is 8.32. The van der Waals surface area contributed by atoms with Gasteiger partial charge < -0.3 is 0 Å². The Kier molecular flexibility index (Phi) is 3.96. The molecule has 110 valence electrons. The molecule has 1 aliphatic heterocycles. The Labute approximate surface area is 130 Å². The molecule has 0 fully saturated rings. The highest BCUT2D eigenvalue weighted by atomic mass is 32.1. The second kappa shape index (κ2) is 5.74. The summed E-state index contributed by atoms with van der Waals surface area (Å²) in [5.74, 6) is 0.235. The zero-order valence-corrected chi connectivity index (χ0v) is 13.5. The molecule has 1 aromatic carbocycles. The van der Waals surface area contributed by atoms with Crippen molar-refractivity contribution in [3.8, 4) is 0 Å². The molecule has 0 saturated heterocycles. The minimum Gasteiger partial charge on any atom is -0.298 e. The molecule has 21 heavy (non-hydrogen) atoms. The van der Waals surface area contributed by atoms with E-state index in [1.807, 2.05) is 41.7 Å². The lowest BCUT2D eigenvalue weighted by molar-refractivity contribution is 0.0752. The summed E-state index contributed by atoms with van der Waals surface area (Å²) in [6.07, 6.45) is 1.11. The molecule has 0 N–H and O–H groups in total. The number of carbonyl (C=O) groups excluding carboxylic acids is 1. The maximum atomic E-state index is 12.7. The topological polar surface area (TPSA) is 20.3 Å². The Morgan fingerprint density at radius 2 is 2.00 bits per heavy atom. The lowest BCUT2D eigenvalue weighted by Crippen LogP contribution is -2.41. The van der Waals surface area contributed by atoms with Crippen LogP contribution in [0.25, 0.3) is 0 Å². The number of hydrogen-bond donors (Lipinski definition) is 0. The number of benzene rings is 1. The van der Waals surface area contributed by atoms with Gasteiger partial charge in [-0.3, -0.25) is 9.69 Å². The van der Waals surface area contributed by atoms with Crippen LogP contribution in [-0.2, 0) is 13.0 Å². The molecule has 2 heterocycles. The lowest BCUT2D eigenvalue weighted by atomic mass is 9.83. The van der Waals surface area contributed by atoms with E-state index in [4.69, 9.17) is 0 Å². The van der Waals surface area contributed by atoms with Crippen LogP contribution in [0.1, 0.15) is 34.6 Å². The van der Waals surface area contributed by atoms with Crippen molar-refractivity contribution in [2.45, 2.75) is 26.8 Å². The van der Waals surface area contributed by atoms with Crippen molar-refractivity contribution in [1.29, 1.82) is 0 Å². The maximum Gasteiger partial charge on any atom is 0.169 e. The van der Waals surface area contributed by atoms with Gasteiger partial charge in [-0.05, 0) is 23.4 Å². The SMILES string of the molecule is CC(C)(CN1CCc2sccc2C1)C(=O)c1ccccc1. The minimum atomic E-state index is -0.352. The molecule has 3 heteroatoms. The zero-order valence-electron chi connectivity index (χ0n) is 12.6. The van der Waals surface area contributed by atoms with Crippen LogP contribution in [0.3, 0.4) is 0 Å². The Bertz CT molecular complexity index is 630. The van der Waals surface area contributed by atoms with E-state index in [0.717, 1.165) is 31.6 Å². The van der Waals surface area contributed by atoms with Crippen molar-refractivity contribution in [2.24, 2.45) is 5.41 Å². The zero-order chi connectivity index (χ0) is 14.9. The predicted molar refractivity (Wildman–Crippen MR) is 87.9 cm³/mol. The molecule has 3 rings (SSSR count). The molecular formula is C18H21NOS. The standard InChI is InChI=1S/C18H21NOS/c1-18(2,17(20)14-6-4-3-5-7-14)13-19-10-8-16-15(12-19)9-11-21-16/h3-7,9,11H,8,10,12-13H2,1-2H3. The smallest absolute Gasteiger partial charge is 0.169 e. The molecule has 0 atom stereocenters. The van der Waals surface area contributed by atoms with Gasteiger partial charge in [0.25, 0.3) is 0 Å². The Morgan fingerprint density at radius 1 is 1.24 bits per heavy atom. The van der Waals surface area contributed by atoms with Crippen molar-refractivity contribution in [3.05, 3.63) is 57.8 Å². The highest BCUT2D eigenvalue weighted by molar-refractivity contribution is 7.10. The fourth-order valence-electron chi connectivity index (χ4n) is 3.05. The average Bonchev–Trinajstić information content (AvgIpc) is 2.94. The number of rotatable bonds is 4. The van der Waals surface area contributed by atoms with E-state index in [-0.39, 0.29) is 11.2 Å². The van der Waals surface area contributed by atoms with Gasteiger partial charge in [0, 0.05) is 35.5 Å². The van der Waals surface area contributed by atoms with E-state index in [2.05, 4.69) is 30.2 Å². The summed E-state index contributed by atoms with van der Waals surface area (Å²) < 4.78 is 0. The van der Waals surface area contributed by atoms with Crippen molar-refractivity contribution in [1.82, 2.24) is 4.90 Å². The number of fused-ring (bicyclic) bond motifs is 1. The van der Waals surface area contributed by atoms with Gasteiger partial charge in [0.15, 0.2) is 5.78 Å². The summed E-state index contributed by atoms with van der Waals surface area (Å²) >= 11 is 1.85. The summed E-state index contributed by atoms with van der Waals surface area (Å²) in [4.78, 5) is 16.6. The Hall–Kier alpha value is -1.45. The summed E-state index contributed by atoms with van der Waals surface area (Å²) in [5.41, 5.74) is 1.90. The summed E-state index contributed by atoms with van der Waals surface area (Å²) in [7, 11) is 0. The first kappa shape index (κ1) is 14.5. The van der Waals surface area contributed by atoms with E-state index < -0.39 is 0 Å². The van der Waals surface area contributed by atoms with Gasteiger partial charge in [-0.15, -0.1) is 11.3 Å². The molecule has 2 aromatic rings. The average molecular weight is 299 g/mol. The quantitative estimate of drug-likeness (QED) is 0.795. The van der Waals surface area contributed by atoms with E-state index in [9.17, 15) is 4.79 Å². The normalized spacial score (nSPS) is 15.7. The van der Waals surface area contributed by atoms with E-state index in [0.29, 0.717) is 0 Å². The van der Waals surface area contributed by atoms with E-state index in [1.54, 1.807) is 0 Å². The number of Topliss-reactive ketones (excluding diaryl/α,β-unsaturated/α-hetero) is 1. The number of hydrogen-bond acceptors (Lipinski definition) is 3. The minimum absolute atomic E-state index is 0.235. The van der Waals surface area contributed by atoms with Gasteiger partial charge in [-0.2, -0.15) is 0 Å². The van der Waals surface area contributed by atoms with Crippen LogP contribution >= 0.6 is 11.3 Å². The Balaban J connectivity index is 1.71. The predicted octanol–water partition coefficient (Wildman–Crippen LogP) is 4.02. The molecule has 0 saturated carbocycles. The van der Waals surface area contributed by atoms with Crippen LogP contribution in [0.4, 0.5) is 0 Å². The van der Waals surface area contributed by atoms with Crippen LogP contribution in [0.5, 0.6) is 0 Å². The Morgan fingerprint density at radius 3 is 2.76 bits per heavy atom. The van der Waals surface area contributed by atoms with Crippen molar-refractivity contribution in [3.63, 3.8) is 0 Å². The third kappa shape index (κ3) is 3.09. The lowest BCUT2D eigenvalue weighted by Gasteiger charge is -2.34. The number of nitrogens with zero attached hydrogens (tertiary/aromatic N) is 1. The van der Waals surface area contributed by atoms with Crippen LogP contribution in [0, 0.1) is 5.41 Å². The molecule has 0 amide bonds. The van der Waals surface area contributed by atoms with Gasteiger partial charge in [0.05, 0.1) is 0 Å². The van der Waals surface area contributed by atoms with Crippen LogP contribution in [0.2, 0.25) is 0 Å². The number of ketones is 1. The summed E-state index contributed by atoms with van der Waals surface area (Å²) in [5, 5.41) is 2.18. The third-order valence-corrected chi connectivity index (χ3v) is 5.18. The second-order valence-corrected chi connectivity index (χ2v) is 7.41. The monoisotopic (exact) mass is 299 g/mol. The van der Waals surface area contributed by atoms with Crippen molar-refractivity contribution in [2.75, 3.05) is 13.1 Å². The van der Waals surface area contributed by atoms with Crippen molar-refractivity contribution >= 4 is 17.1 Å². The molecule has 1 aliphatic rings. The fraction of sp³-hybridized carbons (Fsp3) is 0.389. The molecule has 1 aromatic heterocycles. The van der Waals surface area contributed by atoms with Gasteiger partial charge in [0.2, 0.25) is 0 Å². The molecule has 0 unspecified atom stereocenters. The summed E-state index contributed by atoms with van der Waals surface area (Å²) in [6, 6.07) is 11.9. The largest absolute Gasteiger partial charge is 0.298 e. The molecule has 0 spiro atoms. The second-order valence-electron chi connectivity index (χ2n) is 6.41. The van der Waals surface area contributed by atoms with Gasteiger partial charge in [-0.25, -0.2) is 0 Å². The molecule has 2 nitrogen and oxygen atoms in total. The third-order valence-electron chi connectivity index (χ3n) is 4.16. The molecule has 0 radical (unpaired) electrons. The molecular weight excluding hydrogens is 278 g/mol. The number of carbonyl (C=O) groups is 1. The van der Waals surface area contributed by atoms with Gasteiger partial charge in [0.1, 0.15) is 0 Å².